The summed E-state index contributed by atoms with van der Waals surface area (Å²) in [4.78, 5) is 0. The minimum absolute atomic E-state index is 0.0472. The molecule has 1 heterocycles. The highest BCUT2D eigenvalue weighted by Gasteiger charge is 2.50. The number of rotatable bonds is 2. The van der Waals surface area contributed by atoms with E-state index < -0.39 is 11.7 Å². The van der Waals surface area contributed by atoms with Crippen molar-refractivity contribution in [1.29, 1.82) is 0 Å². The first-order chi connectivity index (χ1) is 11.2. The van der Waals surface area contributed by atoms with Gasteiger partial charge in [0.15, 0.2) is 0 Å². The van der Waals surface area contributed by atoms with Gasteiger partial charge in [0.25, 0.3) is 0 Å². The lowest BCUT2D eigenvalue weighted by molar-refractivity contribution is -0.0433. The molecule has 0 saturated carbocycles. The summed E-state index contributed by atoms with van der Waals surface area (Å²) in [6, 6.07) is 0. The van der Waals surface area contributed by atoms with Gasteiger partial charge < -0.3 is 20.1 Å². The first-order valence-electron chi connectivity index (χ1n) is 9.25. The number of ether oxygens (including phenoxy) is 1. The standard InChI is InChI=1S/C20H34O4/c1-14(2)16-9-11-20(4)18(24-20)8-7-15(13-21)6-5-10-19(3,23)17(22)12-16/h6,12,14,17-18,21-23H,5,7-11,13H2,1-4H3. The Bertz CT molecular complexity index is 492. The third kappa shape index (κ3) is 4.92. The number of allylic oxidation sites excluding steroid dienone is 2. The largest absolute Gasteiger partial charge is 0.392 e. The molecule has 1 aliphatic carbocycles. The molecule has 0 spiro atoms. The van der Waals surface area contributed by atoms with Gasteiger partial charge in [0.05, 0.1) is 23.9 Å². The topological polar surface area (TPSA) is 73.2 Å². The quantitative estimate of drug-likeness (QED) is 0.534. The molecule has 4 nitrogen and oxygen atoms in total. The molecular weight excluding hydrogens is 304 g/mol. The molecule has 4 atom stereocenters. The Kier molecular flexibility index (Phi) is 6.29. The van der Waals surface area contributed by atoms with Gasteiger partial charge in [0, 0.05) is 0 Å². The van der Waals surface area contributed by atoms with Crippen LogP contribution in [0.5, 0.6) is 0 Å². The van der Waals surface area contributed by atoms with E-state index in [0.29, 0.717) is 18.8 Å². The lowest BCUT2D eigenvalue weighted by atomic mass is 9.86. The summed E-state index contributed by atoms with van der Waals surface area (Å²) < 4.78 is 5.92. The normalized spacial score (nSPS) is 38.8. The van der Waals surface area contributed by atoms with Crippen LogP contribution in [0.4, 0.5) is 0 Å². The summed E-state index contributed by atoms with van der Waals surface area (Å²) in [5.74, 6) is 0.338. The Balaban J connectivity index is 2.20. The van der Waals surface area contributed by atoms with Gasteiger partial charge in [-0.25, -0.2) is 0 Å². The molecule has 2 aliphatic rings. The number of aliphatic hydroxyl groups excluding tert-OH is 2. The average molecular weight is 338 g/mol. The van der Waals surface area contributed by atoms with E-state index in [9.17, 15) is 15.3 Å². The summed E-state index contributed by atoms with van der Waals surface area (Å²) >= 11 is 0. The van der Waals surface area contributed by atoms with Crippen LogP contribution in [-0.4, -0.2) is 45.3 Å². The maximum Gasteiger partial charge on any atom is 0.101 e. The number of fused-ring (bicyclic) bond motifs is 1. The van der Waals surface area contributed by atoms with Crippen LogP contribution in [0.2, 0.25) is 0 Å². The van der Waals surface area contributed by atoms with E-state index in [2.05, 4.69) is 20.8 Å². The summed E-state index contributed by atoms with van der Waals surface area (Å²) in [5, 5.41) is 30.6. The Morgan fingerprint density at radius 1 is 1.25 bits per heavy atom. The van der Waals surface area contributed by atoms with E-state index in [0.717, 1.165) is 31.3 Å². The molecule has 0 aromatic heterocycles. The zero-order chi connectivity index (χ0) is 18.0. The number of hydrogen-bond acceptors (Lipinski definition) is 4. The fourth-order valence-corrected chi connectivity index (χ4v) is 3.49. The molecule has 24 heavy (non-hydrogen) atoms. The molecule has 0 amide bonds. The van der Waals surface area contributed by atoms with Crippen LogP contribution in [0, 0.1) is 5.92 Å². The molecule has 3 N–H and O–H groups in total. The Morgan fingerprint density at radius 2 is 1.96 bits per heavy atom. The summed E-state index contributed by atoms with van der Waals surface area (Å²) in [6.07, 6.45) is 7.90. The molecule has 0 bridgehead atoms. The van der Waals surface area contributed by atoms with Gasteiger partial charge in [-0.05, 0) is 63.9 Å². The van der Waals surface area contributed by atoms with Crippen molar-refractivity contribution < 1.29 is 20.1 Å². The average Bonchev–Trinajstić information content (AvgIpc) is 3.16. The maximum absolute atomic E-state index is 10.6. The van der Waals surface area contributed by atoms with Crippen molar-refractivity contribution in [3.05, 3.63) is 23.3 Å². The SMILES string of the molecule is CC(C)C1=CC(O)C(C)(O)CCC=C(CO)CCC2OC2(C)CC1. The molecule has 2 rings (SSSR count). The molecule has 0 aromatic carbocycles. The second kappa shape index (κ2) is 7.69. The van der Waals surface area contributed by atoms with E-state index in [1.165, 1.54) is 5.57 Å². The van der Waals surface area contributed by atoms with Crippen molar-refractivity contribution >= 4 is 0 Å². The Morgan fingerprint density at radius 3 is 2.58 bits per heavy atom. The highest BCUT2D eigenvalue weighted by Crippen LogP contribution is 2.44. The lowest BCUT2D eigenvalue weighted by Gasteiger charge is -2.28. The predicted molar refractivity (Wildman–Crippen MR) is 95.7 cm³/mol. The Labute approximate surface area is 146 Å². The second-order valence-corrected chi connectivity index (χ2v) is 8.22. The lowest BCUT2D eigenvalue weighted by Crippen LogP contribution is -2.38. The minimum atomic E-state index is -1.16. The van der Waals surface area contributed by atoms with Crippen LogP contribution in [0.15, 0.2) is 23.3 Å². The van der Waals surface area contributed by atoms with Gasteiger partial charge in [-0.1, -0.05) is 31.6 Å². The smallest absolute Gasteiger partial charge is 0.101 e. The first-order valence-corrected chi connectivity index (χ1v) is 9.25. The van der Waals surface area contributed by atoms with Gasteiger partial charge in [0.1, 0.15) is 6.10 Å². The maximum atomic E-state index is 10.6. The van der Waals surface area contributed by atoms with E-state index in [4.69, 9.17) is 4.74 Å². The van der Waals surface area contributed by atoms with Crippen LogP contribution in [0.25, 0.3) is 0 Å². The molecule has 4 unspecified atom stereocenters. The number of epoxide rings is 1. The summed E-state index contributed by atoms with van der Waals surface area (Å²) in [5.41, 5.74) is 0.922. The van der Waals surface area contributed by atoms with Gasteiger partial charge in [-0.2, -0.15) is 0 Å². The van der Waals surface area contributed by atoms with Crippen LogP contribution in [-0.2, 0) is 4.74 Å². The van der Waals surface area contributed by atoms with Crippen molar-refractivity contribution in [2.45, 2.75) is 89.6 Å². The zero-order valence-electron chi connectivity index (χ0n) is 15.6. The van der Waals surface area contributed by atoms with Crippen molar-refractivity contribution in [3.63, 3.8) is 0 Å². The number of hydrogen-bond donors (Lipinski definition) is 3. The molecule has 1 saturated heterocycles. The van der Waals surface area contributed by atoms with Crippen LogP contribution in [0.3, 0.4) is 0 Å². The van der Waals surface area contributed by atoms with Gasteiger partial charge in [0.2, 0.25) is 0 Å². The monoisotopic (exact) mass is 338 g/mol. The Hall–Kier alpha value is -0.680. The van der Waals surface area contributed by atoms with Crippen LogP contribution < -0.4 is 0 Å². The highest BCUT2D eigenvalue weighted by atomic mass is 16.6. The van der Waals surface area contributed by atoms with Crippen LogP contribution >= 0.6 is 0 Å². The van der Waals surface area contributed by atoms with Crippen molar-refractivity contribution in [2.75, 3.05) is 6.61 Å². The molecule has 1 fully saturated rings. The van der Waals surface area contributed by atoms with Gasteiger partial charge in [-0.3, -0.25) is 0 Å². The van der Waals surface area contributed by atoms with E-state index in [1.54, 1.807) is 6.92 Å². The van der Waals surface area contributed by atoms with E-state index >= 15 is 0 Å². The molecule has 4 heteroatoms. The summed E-state index contributed by atoms with van der Waals surface area (Å²) in [6.45, 7) is 8.13. The van der Waals surface area contributed by atoms with Crippen molar-refractivity contribution in [1.82, 2.24) is 0 Å². The highest BCUT2D eigenvalue weighted by molar-refractivity contribution is 5.15. The summed E-state index contributed by atoms with van der Waals surface area (Å²) in [7, 11) is 0. The third-order valence-corrected chi connectivity index (χ3v) is 5.71. The third-order valence-electron chi connectivity index (χ3n) is 5.71. The fourth-order valence-electron chi connectivity index (χ4n) is 3.49. The minimum Gasteiger partial charge on any atom is -0.392 e. The van der Waals surface area contributed by atoms with Gasteiger partial charge in [-0.15, -0.1) is 0 Å². The fraction of sp³-hybridized carbons (Fsp3) is 0.800. The van der Waals surface area contributed by atoms with Gasteiger partial charge >= 0.3 is 0 Å². The first kappa shape index (κ1) is 19.6. The zero-order valence-corrected chi connectivity index (χ0v) is 15.6. The molecule has 0 aromatic rings. The van der Waals surface area contributed by atoms with Crippen molar-refractivity contribution in [2.24, 2.45) is 5.92 Å². The molecule has 1 aliphatic heterocycles. The predicted octanol–water partition coefficient (Wildman–Crippen LogP) is 3.11. The van der Waals surface area contributed by atoms with Crippen molar-refractivity contribution in [3.8, 4) is 0 Å². The second-order valence-electron chi connectivity index (χ2n) is 8.22. The molecule has 138 valence electrons. The van der Waals surface area contributed by atoms with Crippen LogP contribution in [0.1, 0.15) is 66.2 Å². The molecular formula is C20H34O4. The number of aliphatic hydroxyl groups is 3. The van der Waals surface area contributed by atoms with E-state index in [1.807, 2.05) is 12.2 Å². The molecule has 0 radical (unpaired) electrons. The van der Waals surface area contributed by atoms with E-state index in [-0.39, 0.29) is 18.3 Å².